The third kappa shape index (κ3) is 3.03. The SMILES string of the molecule is COc1ccc(-n2nc(C(C)C)c(CCN)c2OC)cc1. The van der Waals surface area contributed by atoms with Crippen LogP contribution in [0.4, 0.5) is 0 Å². The van der Waals surface area contributed by atoms with Gasteiger partial charge in [-0.25, -0.2) is 4.68 Å². The van der Waals surface area contributed by atoms with Gasteiger partial charge in [-0.3, -0.25) is 0 Å². The van der Waals surface area contributed by atoms with E-state index in [-0.39, 0.29) is 0 Å². The van der Waals surface area contributed by atoms with Crippen LogP contribution in [0.1, 0.15) is 31.0 Å². The lowest BCUT2D eigenvalue weighted by molar-refractivity contribution is 0.379. The number of hydrogen-bond donors (Lipinski definition) is 1. The van der Waals surface area contributed by atoms with Crippen molar-refractivity contribution in [2.45, 2.75) is 26.2 Å². The molecule has 0 atom stereocenters. The van der Waals surface area contributed by atoms with Gasteiger partial charge in [0.15, 0.2) is 0 Å². The van der Waals surface area contributed by atoms with E-state index in [4.69, 9.17) is 20.3 Å². The second-order valence-corrected chi connectivity index (χ2v) is 5.18. The molecule has 0 fully saturated rings. The van der Waals surface area contributed by atoms with Gasteiger partial charge in [-0.1, -0.05) is 13.8 Å². The first-order valence-electron chi connectivity index (χ1n) is 7.12. The first-order valence-corrected chi connectivity index (χ1v) is 7.12. The number of benzene rings is 1. The van der Waals surface area contributed by atoms with Crippen molar-refractivity contribution in [2.24, 2.45) is 5.73 Å². The zero-order valence-corrected chi connectivity index (χ0v) is 13.1. The number of rotatable bonds is 6. The summed E-state index contributed by atoms with van der Waals surface area (Å²) in [5, 5.41) is 4.72. The Labute approximate surface area is 125 Å². The predicted molar refractivity (Wildman–Crippen MR) is 83.5 cm³/mol. The van der Waals surface area contributed by atoms with Crippen molar-refractivity contribution in [1.29, 1.82) is 0 Å². The molecule has 1 heterocycles. The van der Waals surface area contributed by atoms with Gasteiger partial charge in [-0.2, -0.15) is 5.10 Å². The lowest BCUT2D eigenvalue weighted by atomic mass is 10.0. The molecule has 0 radical (unpaired) electrons. The molecule has 114 valence electrons. The van der Waals surface area contributed by atoms with Crippen molar-refractivity contribution < 1.29 is 9.47 Å². The van der Waals surface area contributed by atoms with Crippen molar-refractivity contribution in [2.75, 3.05) is 20.8 Å². The normalized spacial score (nSPS) is 11.0. The Kier molecular flexibility index (Phi) is 4.85. The number of nitrogens with two attached hydrogens (primary N) is 1. The van der Waals surface area contributed by atoms with Gasteiger partial charge in [0.2, 0.25) is 5.88 Å². The minimum absolute atomic E-state index is 0.319. The van der Waals surface area contributed by atoms with E-state index in [2.05, 4.69) is 13.8 Å². The highest BCUT2D eigenvalue weighted by Gasteiger charge is 2.21. The quantitative estimate of drug-likeness (QED) is 0.887. The van der Waals surface area contributed by atoms with E-state index in [1.54, 1.807) is 14.2 Å². The topological polar surface area (TPSA) is 62.3 Å². The van der Waals surface area contributed by atoms with Crippen LogP contribution in [0.3, 0.4) is 0 Å². The average Bonchev–Trinajstić information content (AvgIpc) is 2.86. The first kappa shape index (κ1) is 15.4. The molecule has 5 heteroatoms. The van der Waals surface area contributed by atoms with Crippen LogP contribution in [0.15, 0.2) is 24.3 Å². The Bertz CT molecular complexity index is 588. The van der Waals surface area contributed by atoms with E-state index in [0.29, 0.717) is 12.5 Å². The van der Waals surface area contributed by atoms with Crippen LogP contribution in [0, 0.1) is 0 Å². The molecule has 1 aromatic heterocycles. The summed E-state index contributed by atoms with van der Waals surface area (Å²) in [4.78, 5) is 0. The standard InChI is InChI=1S/C16H23N3O2/c1-11(2)15-14(9-10-17)16(21-4)19(18-15)12-5-7-13(20-3)8-6-12/h5-8,11H,9-10,17H2,1-4H3. The van der Waals surface area contributed by atoms with Crippen LogP contribution >= 0.6 is 0 Å². The molecular formula is C16H23N3O2. The van der Waals surface area contributed by atoms with Crippen molar-refractivity contribution in [1.82, 2.24) is 9.78 Å². The van der Waals surface area contributed by atoms with Crippen molar-refractivity contribution in [3.63, 3.8) is 0 Å². The molecule has 5 nitrogen and oxygen atoms in total. The van der Waals surface area contributed by atoms with E-state index in [1.165, 1.54) is 0 Å². The van der Waals surface area contributed by atoms with Crippen molar-refractivity contribution >= 4 is 0 Å². The van der Waals surface area contributed by atoms with Crippen molar-refractivity contribution in [3.8, 4) is 17.3 Å². The maximum absolute atomic E-state index is 5.73. The second kappa shape index (κ2) is 6.63. The second-order valence-electron chi connectivity index (χ2n) is 5.18. The number of nitrogens with zero attached hydrogens (tertiary/aromatic N) is 2. The largest absolute Gasteiger partial charge is 0.497 e. The van der Waals surface area contributed by atoms with Gasteiger partial charge in [-0.15, -0.1) is 0 Å². The van der Waals surface area contributed by atoms with Gasteiger partial charge < -0.3 is 15.2 Å². The molecule has 1 aromatic carbocycles. The molecule has 0 spiro atoms. The maximum atomic E-state index is 5.73. The Morgan fingerprint density at radius 3 is 2.29 bits per heavy atom. The molecule has 2 aromatic rings. The average molecular weight is 289 g/mol. The van der Waals surface area contributed by atoms with E-state index < -0.39 is 0 Å². The van der Waals surface area contributed by atoms with E-state index in [9.17, 15) is 0 Å². The molecule has 0 saturated heterocycles. The molecule has 2 N–H and O–H groups in total. The summed E-state index contributed by atoms with van der Waals surface area (Å²) >= 11 is 0. The molecule has 0 aliphatic heterocycles. The monoisotopic (exact) mass is 289 g/mol. The lowest BCUT2D eigenvalue weighted by Crippen LogP contribution is -2.06. The van der Waals surface area contributed by atoms with Crippen LogP contribution < -0.4 is 15.2 Å². The summed E-state index contributed by atoms with van der Waals surface area (Å²) < 4.78 is 12.6. The molecule has 0 unspecified atom stereocenters. The minimum atomic E-state index is 0.319. The Balaban J connectivity index is 2.53. The number of aromatic nitrogens is 2. The fraction of sp³-hybridized carbons (Fsp3) is 0.438. The van der Waals surface area contributed by atoms with Crippen LogP contribution in [-0.2, 0) is 6.42 Å². The highest BCUT2D eigenvalue weighted by atomic mass is 16.5. The van der Waals surface area contributed by atoms with Crippen molar-refractivity contribution in [3.05, 3.63) is 35.5 Å². The van der Waals surface area contributed by atoms with Gasteiger partial charge in [-0.05, 0) is 43.1 Å². The highest BCUT2D eigenvalue weighted by molar-refractivity contribution is 5.44. The molecule has 0 amide bonds. The summed E-state index contributed by atoms with van der Waals surface area (Å²) in [7, 11) is 3.32. The molecule has 0 aliphatic rings. The molecule has 0 bridgehead atoms. The van der Waals surface area contributed by atoms with Crippen LogP contribution in [0.2, 0.25) is 0 Å². The number of hydrogen-bond acceptors (Lipinski definition) is 4. The predicted octanol–water partition coefficient (Wildman–Crippen LogP) is 2.51. The van der Waals surface area contributed by atoms with Gasteiger partial charge in [0.05, 0.1) is 25.6 Å². The molecule has 0 saturated carbocycles. The van der Waals surface area contributed by atoms with Crippen LogP contribution in [-0.4, -0.2) is 30.5 Å². The first-order chi connectivity index (χ1) is 10.1. The summed E-state index contributed by atoms with van der Waals surface area (Å²) in [6, 6.07) is 7.75. The smallest absolute Gasteiger partial charge is 0.219 e. The lowest BCUT2D eigenvalue weighted by Gasteiger charge is -2.08. The third-order valence-electron chi connectivity index (χ3n) is 3.42. The Morgan fingerprint density at radius 2 is 1.81 bits per heavy atom. The zero-order valence-electron chi connectivity index (χ0n) is 13.1. The highest BCUT2D eigenvalue weighted by Crippen LogP contribution is 2.31. The summed E-state index contributed by atoms with van der Waals surface area (Å²) in [6.07, 6.45) is 0.757. The fourth-order valence-electron chi connectivity index (χ4n) is 2.40. The van der Waals surface area contributed by atoms with Gasteiger partial charge in [0, 0.05) is 5.56 Å². The fourth-order valence-corrected chi connectivity index (χ4v) is 2.40. The summed E-state index contributed by atoms with van der Waals surface area (Å²) in [5.41, 5.74) is 8.80. The maximum Gasteiger partial charge on any atom is 0.219 e. The van der Waals surface area contributed by atoms with Crippen LogP contribution in [0.25, 0.3) is 5.69 Å². The number of ether oxygens (including phenoxy) is 2. The van der Waals surface area contributed by atoms with Gasteiger partial charge >= 0.3 is 0 Å². The summed E-state index contributed by atoms with van der Waals surface area (Å²) in [5.74, 6) is 1.89. The van der Waals surface area contributed by atoms with Gasteiger partial charge in [0.25, 0.3) is 0 Å². The molecule has 2 rings (SSSR count). The minimum Gasteiger partial charge on any atom is -0.497 e. The molecule has 21 heavy (non-hydrogen) atoms. The van der Waals surface area contributed by atoms with Crippen LogP contribution in [0.5, 0.6) is 11.6 Å². The number of methoxy groups -OCH3 is 2. The summed E-state index contributed by atoms with van der Waals surface area (Å²) in [6.45, 7) is 4.82. The molecule has 0 aliphatic carbocycles. The van der Waals surface area contributed by atoms with Gasteiger partial charge in [0.1, 0.15) is 5.75 Å². The van der Waals surface area contributed by atoms with E-state index in [0.717, 1.165) is 35.0 Å². The molecular weight excluding hydrogens is 266 g/mol. The van der Waals surface area contributed by atoms with E-state index >= 15 is 0 Å². The Morgan fingerprint density at radius 1 is 1.14 bits per heavy atom. The Hall–Kier alpha value is -2.01. The third-order valence-corrected chi connectivity index (χ3v) is 3.42. The zero-order chi connectivity index (χ0) is 15.4. The van der Waals surface area contributed by atoms with E-state index in [1.807, 2.05) is 28.9 Å².